The van der Waals surface area contributed by atoms with Crippen LogP contribution in [0, 0.1) is 0 Å². The van der Waals surface area contributed by atoms with Crippen molar-refractivity contribution in [3.05, 3.63) is 54.0 Å². The van der Waals surface area contributed by atoms with Crippen molar-refractivity contribution in [3.8, 4) is 11.0 Å². The zero-order chi connectivity index (χ0) is 12.7. The molecule has 0 saturated carbocycles. The summed E-state index contributed by atoms with van der Waals surface area (Å²) in [5, 5.41) is 0. The molecule has 88 valence electrons. The van der Waals surface area contributed by atoms with Gasteiger partial charge in [-0.1, -0.05) is 13.8 Å². The molecule has 0 saturated heterocycles. The van der Waals surface area contributed by atoms with Gasteiger partial charge in [0.2, 0.25) is 0 Å². The molecule has 17 heavy (non-hydrogen) atoms. The van der Waals surface area contributed by atoms with Crippen molar-refractivity contribution >= 4 is 6.91 Å². The fourth-order valence-corrected chi connectivity index (χ4v) is 1.88. The Balaban J connectivity index is 0.000000686. The van der Waals surface area contributed by atoms with E-state index in [1.165, 1.54) is 16.6 Å². The molecule has 0 N–H and O–H groups in total. The minimum absolute atomic E-state index is 0.571. The second kappa shape index (κ2) is 7.06. The predicted octanol–water partition coefficient (Wildman–Crippen LogP) is 4.84. The molecule has 0 aliphatic rings. The molecule has 1 heteroatoms. The second-order valence-corrected chi connectivity index (χ2v) is 4.11. The molecule has 0 aliphatic carbocycles. The number of hydrogen-bond donors (Lipinski definition) is 0. The molecule has 0 atom stereocenters. The van der Waals surface area contributed by atoms with E-state index in [2.05, 4.69) is 69.2 Å². The molecule has 1 aromatic carbocycles. The Morgan fingerprint density at radius 3 is 2.12 bits per heavy atom. The monoisotopic (exact) mass is 224 g/mol. The second-order valence-electron chi connectivity index (χ2n) is 4.11. The molecule has 0 fully saturated rings. The third-order valence-electron chi connectivity index (χ3n) is 2.67. The Bertz CT molecular complexity index is 432. The Hall–Kier alpha value is -1.37. The first-order chi connectivity index (χ1) is 8.29. The third kappa shape index (κ3) is 3.56. The summed E-state index contributed by atoms with van der Waals surface area (Å²) >= 11 is 0. The van der Waals surface area contributed by atoms with Crippen LogP contribution >= 0.6 is 0 Å². The van der Waals surface area contributed by atoms with E-state index < -0.39 is 0 Å². The molecule has 0 radical (unpaired) electrons. The third-order valence-corrected chi connectivity index (χ3v) is 2.67. The number of rotatable bonds is 2. The van der Waals surface area contributed by atoms with Gasteiger partial charge < -0.3 is 0 Å². The van der Waals surface area contributed by atoms with Crippen LogP contribution in [0.1, 0.15) is 39.2 Å². The topological polar surface area (TPSA) is 0 Å². The van der Waals surface area contributed by atoms with E-state index in [1.807, 2.05) is 13.8 Å². The Morgan fingerprint density at radius 1 is 0.882 bits per heavy atom. The average molecular weight is 224 g/mol. The van der Waals surface area contributed by atoms with Gasteiger partial charge >= 0.3 is 91.7 Å². The fourth-order valence-electron chi connectivity index (χ4n) is 1.88. The van der Waals surface area contributed by atoms with Crippen molar-refractivity contribution in [1.82, 2.24) is 0 Å². The van der Waals surface area contributed by atoms with Gasteiger partial charge in [-0.25, -0.2) is 0 Å². The fraction of sp³-hybridized carbons (Fsp3) is 0.312. The standard InChI is InChI=1S/C14H15B.C2H6/c1-11(2)12-7-3-4-8-13(12)14-9-5-6-10-15-14;1-2/h3-11H,1-2H3;1-2H3. The van der Waals surface area contributed by atoms with Gasteiger partial charge in [-0.15, -0.1) is 0 Å². The van der Waals surface area contributed by atoms with Gasteiger partial charge in [0.25, 0.3) is 0 Å². The molecule has 0 amide bonds. The van der Waals surface area contributed by atoms with Crippen molar-refractivity contribution in [2.24, 2.45) is 0 Å². The Morgan fingerprint density at radius 2 is 1.53 bits per heavy atom. The van der Waals surface area contributed by atoms with Crippen molar-refractivity contribution in [1.29, 1.82) is 0 Å². The maximum atomic E-state index is 2.24. The van der Waals surface area contributed by atoms with E-state index in [0.29, 0.717) is 5.92 Å². The molecule has 2 aromatic rings. The minimum atomic E-state index is 0.571. The molecule has 0 spiro atoms. The van der Waals surface area contributed by atoms with Crippen LogP contribution in [0.4, 0.5) is 0 Å². The summed E-state index contributed by atoms with van der Waals surface area (Å²) < 4.78 is 0. The Labute approximate surface area is 106 Å². The SMILES string of the molecule is CC.CC(C)c1ccccc1-c1bcccc1. The van der Waals surface area contributed by atoms with Gasteiger partial charge in [-0.05, 0) is 0 Å². The van der Waals surface area contributed by atoms with Crippen LogP contribution in [-0.4, -0.2) is 6.91 Å². The van der Waals surface area contributed by atoms with E-state index >= 15 is 0 Å². The quantitative estimate of drug-likeness (QED) is 0.684. The first-order valence-electron chi connectivity index (χ1n) is 6.43. The molecular formula is C16H21B. The van der Waals surface area contributed by atoms with E-state index in [-0.39, 0.29) is 0 Å². The van der Waals surface area contributed by atoms with Crippen molar-refractivity contribution in [2.75, 3.05) is 0 Å². The Kier molecular flexibility index (Phi) is 5.69. The van der Waals surface area contributed by atoms with Crippen LogP contribution in [0.3, 0.4) is 0 Å². The average Bonchev–Trinajstić information content (AvgIpc) is 2.42. The normalized spacial score (nSPS) is 9.47. The van der Waals surface area contributed by atoms with Crippen molar-refractivity contribution < 1.29 is 0 Å². The van der Waals surface area contributed by atoms with Gasteiger partial charge in [0.15, 0.2) is 0 Å². The van der Waals surface area contributed by atoms with Crippen LogP contribution in [0.15, 0.2) is 48.4 Å². The van der Waals surface area contributed by atoms with E-state index in [0.717, 1.165) is 0 Å². The summed E-state index contributed by atoms with van der Waals surface area (Å²) in [5.74, 6) is 2.66. The van der Waals surface area contributed by atoms with E-state index in [4.69, 9.17) is 0 Å². The molecule has 1 heterocycles. The summed E-state index contributed by atoms with van der Waals surface area (Å²) in [6, 6.07) is 14.9. The first-order valence-corrected chi connectivity index (χ1v) is 6.43. The number of hydrogen-bond acceptors (Lipinski definition) is 0. The van der Waals surface area contributed by atoms with Gasteiger partial charge in [0.1, 0.15) is 0 Å². The van der Waals surface area contributed by atoms with Crippen molar-refractivity contribution in [3.63, 3.8) is 0 Å². The van der Waals surface area contributed by atoms with Gasteiger partial charge in [0.05, 0.1) is 0 Å². The molecule has 2 rings (SSSR count). The van der Waals surface area contributed by atoms with Crippen LogP contribution < -0.4 is 0 Å². The predicted molar refractivity (Wildman–Crippen MR) is 78.7 cm³/mol. The van der Waals surface area contributed by atoms with Gasteiger partial charge in [-0.2, -0.15) is 0 Å². The molecule has 1 aromatic heterocycles. The number of benzene rings is 1. The molecule has 0 nitrogen and oxygen atoms in total. The summed E-state index contributed by atoms with van der Waals surface area (Å²) in [7, 11) is 0. The van der Waals surface area contributed by atoms with E-state index in [9.17, 15) is 0 Å². The molecular weight excluding hydrogens is 203 g/mol. The van der Waals surface area contributed by atoms with Crippen LogP contribution in [0.2, 0.25) is 0 Å². The first kappa shape index (κ1) is 13.7. The van der Waals surface area contributed by atoms with Crippen LogP contribution in [-0.2, 0) is 0 Å². The molecule has 0 aliphatic heterocycles. The summed E-state index contributed by atoms with van der Waals surface area (Å²) in [5.41, 5.74) is 4.08. The molecule has 0 unspecified atom stereocenters. The summed E-state index contributed by atoms with van der Waals surface area (Å²) in [6.07, 6.45) is 0. The molecule has 0 bridgehead atoms. The maximum absolute atomic E-state index is 2.24. The summed E-state index contributed by atoms with van der Waals surface area (Å²) in [6.45, 7) is 10.6. The van der Waals surface area contributed by atoms with Crippen LogP contribution in [0.5, 0.6) is 0 Å². The summed E-state index contributed by atoms with van der Waals surface area (Å²) in [4.78, 5) is 0. The zero-order valence-electron chi connectivity index (χ0n) is 11.3. The van der Waals surface area contributed by atoms with Gasteiger partial charge in [0, 0.05) is 0 Å². The van der Waals surface area contributed by atoms with Crippen molar-refractivity contribution in [2.45, 2.75) is 33.6 Å². The van der Waals surface area contributed by atoms with Crippen LogP contribution in [0.25, 0.3) is 11.0 Å². The van der Waals surface area contributed by atoms with Gasteiger partial charge in [-0.3, -0.25) is 0 Å². The zero-order valence-corrected chi connectivity index (χ0v) is 11.3. The van der Waals surface area contributed by atoms with E-state index in [1.54, 1.807) is 0 Å².